The Bertz CT molecular complexity index is 966. The number of esters is 1. The van der Waals surface area contributed by atoms with E-state index in [9.17, 15) is 9.59 Å². The first-order valence-corrected chi connectivity index (χ1v) is 10.9. The van der Waals surface area contributed by atoms with Gasteiger partial charge in [-0.3, -0.25) is 4.79 Å². The van der Waals surface area contributed by atoms with Crippen molar-refractivity contribution in [3.05, 3.63) is 64.9 Å². The SMILES string of the molecule is C=CCOC(=O)C1=C(C)N=C2SC=C(CC(=O)N(C)CC)N2C1c1ccc(OC)cc1. The molecule has 0 radical (unpaired) electrons. The molecular weight excluding hydrogens is 414 g/mol. The van der Waals surface area contributed by atoms with E-state index in [-0.39, 0.29) is 18.9 Å². The van der Waals surface area contributed by atoms with Crippen molar-refractivity contribution in [1.29, 1.82) is 0 Å². The maximum atomic E-state index is 13.0. The summed E-state index contributed by atoms with van der Waals surface area (Å²) < 4.78 is 10.7. The fourth-order valence-electron chi connectivity index (χ4n) is 3.41. The van der Waals surface area contributed by atoms with E-state index in [1.54, 1.807) is 26.0 Å². The molecule has 1 aromatic rings. The number of ether oxygens (including phenoxy) is 2. The lowest BCUT2D eigenvalue weighted by Crippen LogP contribution is -2.38. The second-order valence-corrected chi connectivity index (χ2v) is 7.97. The van der Waals surface area contributed by atoms with Crippen LogP contribution in [-0.2, 0) is 14.3 Å². The number of amidine groups is 1. The molecule has 8 heteroatoms. The lowest BCUT2D eigenvalue weighted by atomic mass is 9.93. The Morgan fingerprint density at radius 2 is 2.03 bits per heavy atom. The van der Waals surface area contributed by atoms with Crippen LogP contribution < -0.4 is 4.74 Å². The van der Waals surface area contributed by atoms with Gasteiger partial charge in [0.1, 0.15) is 12.4 Å². The number of thioether (sulfide) groups is 1. The van der Waals surface area contributed by atoms with Gasteiger partial charge in [-0.25, -0.2) is 9.79 Å². The van der Waals surface area contributed by atoms with Crippen molar-refractivity contribution >= 4 is 28.8 Å². The number of rotatable bonds is 8. The summed E-state index contributed by atoms with van der Waals surface area (Å²) in [7, 11) is 3.38. The minimum atomic E-state index is -0.461. The van der Waals surface area contributed by atoms with E-state index in [1.165, 1.54) is 17.8 Å². The molecule has 0 bridgehead atoms. The second kappa shape index (κ2) is 9.87. The van der Waals surface area contributed by atoms with E-state index < -0.39 is 12.0 Å². The van der Waals surface area contributed by atoms with Crippen molar-refractivity contribution in [3.63, 3.8) is 0 Å². The number of aliphatic imine (C=N–C) groups is 1. The van der Waals surface area contributed by atoms with Crippen LogP contribution in [0.4, 0.5) is 0 Å². The number of amides is 1. The highest BCUT2D eigenvalue weighted by Gasteiger charge is 2.41. The molecule has 0 fully saturated rings. The van der Waals surface area contributed by atoms with Crippen molar-refractivity contribution in [1.82, 2.24) is 9.80 Å². The summed E-state index contributed by atoms with van der Waals surface area (Å²) in [6.07, 6.45) is 1.75. The van der Waals surface area contributed by atoms with E-state index >= 15 is 0 Å². The highest BCUT2D eigenvalue weighted by atomic mass is 32.2. The molecule has 1 aromatic carbocycles. The normalized spacial score (nSPS) is 17.5. The lowest BCUT2D eigenvalue weighted by Gasteiger charge is -2.36. The van der Waals surface area contributed by atoms with Gasteiger partial charge in [-0.1, -0.05) is 36.5 Å². The van der Waals surface area contributed by atoms with Crippen LogP contribution in [0, 0.1) is 0 Å². The molecule has 31 heavy (non-hydrogen) atoms. The molecule has 2 heterocycles. The first-order chi connectivity index (χ1) is 14.9. The monoisotopic (exact) mass is 441 g/mol. The van der Waals surface area contributed by atoms with Crippen molar-refractivity contribution in [2.24, 2.45) is 4.99 Å². The van der Waals surface area contributed by atoms with Gasteiger partial charge in [-0.15, -0.1) is 0 Å². The summed E-state index contributed by atoms with van der Waals surface area (Å²) in [5, 5.41) is 2.67. The highest BCUT2D eigenvalue weighted by molar-refractivity contribution is 8.16. The lowest BCUT2D eigenvalue weighted by molar-refractivity contribution is -0.138. The second-order valence-electron chi connectivity index (χ2n) is 7.14. The van der Waals surface area contributed by atoms with Crippen LogP contribution in [-0.4, -0.2) is 54.2 Å². The van der Waals surface area contributed by atoms with Gasteiger partial charge in [0.15, 0.2) is 5.17 Å². The number of methoxy groups -OCH3 is 1. The zero-order valence-electron chi connectivity index (χ0n) is 18.3. The molecule has 2 aliphatic rings. The molecule has 0 N–H and O–H groups in total. The molecule has 1 atom stereocenters. The zero-order valence-corrected chi connectivity index (χ0v) is 19.1. The summed E-state index contributed by atoms with van der Waals surface area (Å²) in [6, 6.07) is 7.08. The first kappa shape index (κ1) is 22.7. The third-order valence-electron chi connectivity index (χ3n) is 5.22. The number of carbonyl (C=O) groups is 2. The Kier molecular flexibility index (Phi) is 7.22. The predicted molar refractivity (Wildman–Crippen MR) is 122 cm³/mol. The number of allylic oxidation sites excluding steroid dienone is 1. The standard InChI is InChI=1S/C23H27N3O4S/c1-6-12-30-22(28)20-15(3)24-23-26(17(14-31-23)13-19(27)25(4)7-2)21(20)16-8-10-18(29-5)11-9-16/h6,8-11,14,21H,1,7,12-13H2,2-5H3. The van der Waals surface area contributed by atoms with E-state index in [1.807, 2.05) is 41.5 Å². The first-order valence-electron chi connectivity index (χ1n) is 10.0. The van der Waals surface area contributed by atoms with E-state index in [0.29, 0.717) is 17.8 Å². The Morgan fingerprint density at radius 1 is 1.32 bits per heavy atom. The Hall–Kier alpha value is -3.00. The fourth-order valence-corrected chi connectivity index (χ4v) is 4.38. The third-order valence-corrected chi connectivity index (χ3v) is 6.11. The van der Waals surface area contributed by atoms with Gasteiger partial charge in [0.05, 0.1) is 30.8 Å². The van der Waals surface area contributed by atoms with Gasteiger partial charge in [-0.2, -0.15) is 0 Å². The molecule has 0 saturated carbocycles. The third kappa shape index (κ3) is 4.69. The summed E-state index contributed by atoms with van der Waals surface area (Å²) in [6.45, 7) is 8.09. The molecule has 1 unspecified atom stereocenters. The van der Waals surface area contributed by atoms with E-state index in [2.05, 4.69) is 11.6 Å². The molecule has 0 saturated heterocycles. The van der Waals surface area contributed by atoms with Gasteiger partial charge in [0.2, 0.25) is 5.91 Å². The van der Waals surface area contributed by atoms with Crippen LogP contribution in [0.2, 0.25) is 0 Å². The number of nitrogens with zero attached hydrogens (tertiary/aromatic N) is 3. The van der Waals surface area contributed by atoms with Gasteiger partial charge in [0, 0.05) is 19.3 Å². The van der Waals surface area contributed by atoms with Crippen LogP contribution in [0.25, 0.3) is 0 Å². The molecular formula is C23H27N3O4S. The van der Waals surface area contributed by atoms with E-state index in [4.69, 9.17) is 9.47 Å². The van der Waals surface area contributed by atoms with Gasteiger partial charge in [0.25, 0.3) is 0 Å². The Labute approximate surface area is 187 Å². The average Bonchev–Trinajstić information content (AvgIpc) is 3.17. The maximum absolute atomic E-state index is 13.0. The van der Waals surface area contributed by atoms with Crippen molar-refractivity contribution < 1.29 is 19.1 Å². The molecule has 1 amide bonds. The number of hydrogen-bond acceptors (Lipinski definition) is 7. The van der Waals surface area contributed by atoms with Crippen LogP contribution in [0.5, 0.6) is 5.75 Å². The molecule has 164 valence electrons. The van der Waals surface area contributed by atoms with Gasteiger partial charge in [-0.05, 0) is 37.0 Å². The average molecular weight is 442 g/mol. The molecule has 0 spiro atoms. The number of hydrogen-bond donors (Lipinski definition) is 0. The molecule has 2 aliphatic heterocycles. The van der Waals surface area contributed by atoms with Crippen LogP contribution in [0.15, 0.2) is 64.3 Å². The summed E-state index contributed by atoms with van der Waals surface area (Å²) >= 11 is 1.45. The largest absolute Gasteiger partial charge is 0.497 e. The topological polar surface area (TPSA) is 71.4 Å². The molecule has 3 rings (SSSR count). The minimum Gasteiger partial charge on any atom is -0.497 e. The predicted octanol–water partition coefficient (Wildman–Crippen LogP) is 3.87. The minimum absolute atomic E-state index is 0.00569. The van der Waals surface area contributed by atoms with Crippen molar-refractivity contribution in [2.75, 3.05) is 27.3 Å². The quantitative estimate of drug-likeness (QED) is 0.451. The Balaban J connectivity index is 2.04. The number of fused-ring (bicyclic) bond motifs is 1. The van der Waals surface area contributed by atoms with Gasteiger partial charge < -0.3 is 19.3 Å². The summed E-state index contributed by atoms with van der Waals surface area (Å²) in [5.74, 6) is 0.275. The van der Waals surface area contributed by atoms with Crippen LogP contribution in [0.3, 0.4) is 0 Å². The molecule has 7 nitrogen and oxygen atoms in total. The highest BCUT2D eigenvalue weighted by Crippen LogP contribution is 2.45. The van der Waals surface area contributed by atoms with Crippen molar-refractivity contribution in [2.45, 2.75) is 26.3 Å². The zero-order chi connectivity index (χ0) is 22.5. The maximum Gasteiger partial charge on any atom is 0.338 e. The summed E-state index contributed by atoms with van der Waals surface area (Å²) in [4.78, 5) is 33.9. The number of carbonyl (C=O) groups excluding carboxylic acids is 2. The van der Waals surface area contributed by atoms with Crippen molar-refractivity contribution in [3.8, 4) is 5.75 Å². The van der Waals surface area contributed by atoms with Crippen LogP contribution in [0.1, 0.15) is 31.9 Å². The Morgan fingerprint density at radius 3 is 2.65 bits per heavy atom. The number of benzene rings is 1. The smallest absolute Gasteiger partial charge is 0.338 e. The summed E-state index contributed by atoms with van der Waals surface area (Å²) in [5.41, 5.74) is 2.72. The van der Waals surface area contributed by atoms with E-state index in [0.717, 1.165) is 22.2 Å². The van der Waals surface area contributed by atoms with Crippen LogP contribution >= 0.6 is 11.8 Å². The molecule has 0 aromatic heterocycles. The fraction of sp³-hybridized carbons (Fsp3) is 0.348. The molecule has 0 aliphatic carbocycles. The van der Waals surface area contributed by atoms with Gasteiger partial charge >= 0.3 is 5.97 Å².